The van der Waals surface area contributed by atoms with Gasteiger partial charge in [-0.25, -0.2) is 4.79 Å². The summed E-state index contributed by atoms with van der Waals surface area (Å²) in [7, 11) is 0. The first-order valence-corrected chi connectivity index (χ1v) is 6.38. The van der Waals surface area contributed by atoms with Crippen LogP contribution in [0.3, 0.4) is 0 Å². The monoisotopic (exact) mass is 272 g/mol. The second kappa shape index (κ2) is 6.16. The van der Waals surface area contributed by atoms with Crippen LogP contribution < -0.4 is 11.1 Å². The second-order valence-corrected chi connectivity index (χ2v) is 4.49. The van der Waals surface area contributed by atoms with Gasteiger partial charge < -0.3 is 16.2 Å². The molecule has 2 aromatic carbocycles. The number of hydrogen-bond acceptors (Lipinski definition) is 3. The number of fused-ring (bicyclic) bond motifs is 1. The van der Waals surface area contributed by atoms with Crippen molar-refractivity contribution in [3.05, 3.63) is 42.0 Å². The summed E-state index contributed by atoms with van der Waals surface area (Å²) in [6.45, 7) is 0.428. The number of amides is 1. The summed E-state index contributed by atoms with van der Waals surface area (Å²) in [5.41, 5.74) is 5.75. The van der Waals surface area contributed by atoms with Gasteiger partial charge in [-0.15, -0.1) is 0 Å². The zero-order valence-corrected chi connectivity index (χ0v) is 10.9. The van der Waals surface area contributed by atoms with Gasteiger partial charge in [-0.2, -0.15) is 0 Å². The Morgan fingerprint density at radius 3 is 2.40 bits per heavy atom. The Morgan fingerprint density at radius 2 is 1.80 bits per heavy atom. The van der Waals surface area contributed by atoms with Crippen molar-refractivity contribution in [1.29, 1.82) is 0 Å². The van der Waals surface area contributed by atoms with Gasteiger partial charge in [-0.05, 0) is 35.9 Å². The maximum atomic E-state index is 11.7. The zero-order valence-electron chi connectivity index (χ0n) is 10.9. The third-order valence-corrected chi connectivity index (χ3v) is 3.00. The molecule has 104 valence electrons. The Hall–Kier alpha value is -2.40. The van der Waals surface area contributed by atoms with Crippen LogP contribution in [0, 0.1) is 0 Å². The fourth-order valence-corrected chi connectivity index (χ4v) is 2.00. The predicted molar refractivity (Wildman–Crippen MR) is 77.8 cm³/mol. The molecular weight excluding hydrogens is 256 g/mol. The standard InChI is InChI=1S/C15H16N2O3/c16-7-3-6-14(18)17-13-9-11-5-2-1-4-10(11)8-12(13)15(19)20/h1-2,4-5,8-9H,3,6-7,16H2,(H,17,18)(H,19,20). The maximum absolute atomic E-state index is 11.7. The lowest BCUT2D eigenvalue weighted by molar-refractivity contribution is -0.116. The number of anilines is 1. The van der Waals surface area contributed by atoms with Gasteiger partial charge in [0.1, 0.15) is 0 Å². The molecule has 0 aliphatic heterocycles. The molecule has 20 heavy (non-hydrogen) atoms. The fraction of sp³-hybridized carbons (Fsp3) is 0.200. The number of carbonyl (C=O) groups excluding carboxylic acids is 1. The van der Waals surface area contributed by atoms with E-state index in [1.807, 2.05) is 24.3 Å². The first kappa shape index (κ1) is 14.0. The Bertz CT molecular complexity index is 653. The molecule has 0 aromatic heterocycles. The highest BCUT2D eigenvalue weighted by Gasteiger charge is 2.13. The largest absolute Gasteiger partial charge is 0.478 e. The number of carboxylic acids is 1. The number of nitrogens with two attached hydrogens (primary N) is 1. The van der Waals surface area contributed by atoms with Crippen LogP contribution in [0.15, 0.2) is 36.4 Å². The minimum Gasteiger partial charge on any atom is -0.478 e. The van der Waals surface area contributed by atoms with Crippen molar-refractivity contribution in [3.63, 3.8) is 0 Å². The third kappa shape index (κ3) is 3.13. The van der Waals surface area contributed by atoms with E-state index in [1.54, 1.807) is 12.1 Å². The van der Waals surface area contributed by atoms with E-state index in [2.05, 4.69) is 5.32 Å². The molecule has 0 spiro atoms. The van der Waals surface area contributed by atoms with Crippen molar-refractivity contribution in [3.8, 4) is 0 Å². The normalized spacial score (nSPS) is 10.4. The summed E-state index contributed by atoms with van der Waals surface area (Å²) < 4.78 is 0. The van der Waals surface area contributed by atoms with Gasteiger partial charge in [-0.3, -0.25) is 4.79 Å². The van der Waals surface area contributed by atoms with Crippen LogP contribution in [-0.4, -0.2) is 23.5 Å². The quantitative estimate of drug-likeness (QED) is 0.778. The van der Waals surface area contributed by atoms with Gasteiger partial charge in [0.15, 0.2) is 0 Å². The molecule has 0 atom stereocenters. The van der Waals surface area contributed by atoms with Crippen LogP contribution >= 0.6 is 0 Å². The smallest absolute Gasteiger partial charge is 0.337 e. The number of aromatic carboxylic acids is 1. The van der Waals surface area contributed by atoms with Gasteiger partial charge in [0, 0.05) is 6.42 Å². The summed E-state index contributed by atoms with van der Waals surface area (Å²) in [5.74, 6) is -1.29. The lowest BCUT2D eigenvalue weighted by Crippen LogP contribution is -2.15. The van der Waals surface area contributed by atoms with Crippen molar-refractivity contribution in [2.75, 3.05) is 11.9 Å². The molecule has 2 aromatic rings. The molecule has 0 aliphatic carbocycles. The molecule has 0 saturated heterocycles. The van der Waals surface area contributed by atoms with Gasteiger partial charge >= 0.3 is 5.97 Å². The van der Waals surface area contributed by atoms with Gasteiger partial charge in [0.2, 0.25) is 5.91 Å². The fourth-order valence-electron chi connectivity index (χ4n) is 2.00. The molecule has 1 amide bonds. The van der Waals surface area contributed by atoms with Crippen LogP contribution in [0.5, 0.6) is 0 Å². The molecule has 0 aliphatic rings. The van der Waals surface area contributed by atoms with E-state index in [0.29, 0.717) is 18.7 Å². The Morgan fingerprint density at radius 1 is 1.15 bits per heavy atom. The van der Waals surface area contributed by atoms with Crippen LogP contribution in [0.25, 0.3) is 10.8 Å². The Balaban J connectivity index is 2.37. The minimum absolute atomic E-state index is 0.0878. The molecule has 4 N–H and O–H groups in total. The molecule has 0 heterocycles. The highest BCUT2D eigenvalue weighted by molar-refractivity contribution is 6.05. The number of carboxylic acid groups (broad SMARTS) is 1. The van der Waals surface area contributed by atoms with Crippen molar-refractivity contribution in [2.45, 2.75) is 12.8 Å². The lowest BCUT2D eigenvalue weighted by Gasteiger charge is -2.10. The summed E-state index contributed by atoms with van der Waals surface area (Å²) in [6.07, 6.45) is 0.851. The number of benzene rings is 2. The summed E-state index contributed by atoms with van der Waals surface area (Å²) in [5, 5.41) is 13.6. The van der Waals surface area contributed by atoms with Crippen molar-refractivity contribution in [2.24, 2.45) is 5.73 Å². The average molecular weight is 272 g/mol. The van der Waals surface area contributed by atoms with E-state index >= 15 is 0 Å². The molecule has 0 saturated carbocycles. The van der Waals surface area contributed by atoms with E-state index in [4.69, 9.17) is 5.73 Å². The van der Waals surface area contributed by atoms with Crippen LogP contribution in [0.1, 0.15) is 23.2 Å². The summed E-state index contributed by atoms with van der Waals surface area (Å²) in [4.78, 5) is 23.0. The van der Waals surface area contributed by atoms with Crippen molar-refractivity contribution < 1.29 is 14.7 Å². The highest BCUT2D eigenvalue weighted by Crippen LogP contribution is 2.24. The zero-order chi connectivity index (χ0) is 14.5. The average Bonchev–Trinajstić information content (AvgIpc) is 2.44. The maximum Gasteiger partial charge on any atom is 0.337 e. The van der Waals surface area contributed by atoms with Gasteiger partial charge in [-0.1, -0.05) is 24.3 Å². The first-order valence-electron chi connectivity index (χ1n) is 6.38. The van der Waals surface area contributed by atoms with E-state index in [9.17, 15) is 14.7 Å². The first-order chi connectivity index (χ1) is 9.61. The van der Waals surface area contributed by atoms with Gasteiger partial charge in [0.25, 0.3) is 0 Å². The SMILES string of the molecule is NCCCC(=O)Nc1cc2ccccc2cc1C(=O)O. The topological polar surface area (TPSA) is 92.4 Å². The molecule has 5 heteroatoms. The van der Waals surface area contributed by atoms with Crippen molar-refractivity contribution >= 4 is 28.3 Å². The van der Waals surface area contributed by atoms with Crippen LogP contribution in [0.4, 0.5) is 5.69 Å². The molecule has 0 radical (unpaired) electrons. The second-order valence-electron chi connectivity index (χ2n) is 4.49. The number of nitrogens with one attached hydrogen (secondary N) is 1. The predicted octanol–water partition coefficient (Wildman–Crippen LogP) is 2.22. The minimum atomic E-state index is -1.06. The van der Waals surface area contributed by atoms with E-state index < -0.39 is 5.97 Å². The summed E-state index contributed by atoms with van der Waals surface area (Å²) in [6, 6.07) is 10.7. The van der Waals surface area contributed by atoms with E-state index in [-0.39, 0.29) is 17.9 Å². The molecular formula is C15H16N2O3. The van der Waals surface area contributed by atoms with Crippen LogP contribution in [0.2, 0.25) is 0 Å². The Labute approximate surface area is 116 Å². The highest BCUT2D eigenvalue weighted by atomic mass is 16.4. The summed E-state index contributed by atoms with van der Waals surface area (Å²) >= 11 is 0. The third-order valence-electron chi connectivity index (χ3n) is 3.00. The van der Waals surface area contributed by atoms with Crippen molar-refractivity contribution in [1.82, 2.24) is 0 Å². The number of rotatable bonds is 5. The molecule has 5 nitrogen and oxygen atoms in total. The molecule has 0 fully saturated rings. The van der Waals surface area contributed by atoms with Gasteiger partial charge in [0.05, 0.1) is 11.3 Å². The molecule has 2 rings (SSSR count). The van der Waals surface area contributed by atoms with Crippen LogP contribution in [-0.2, 0) is 4.79 Å². The van der Waals surface area contributed by atoms with E-state index in [0.717, 1.165) is 10.8 Å². The molecule has 0 unspecified atom stereocenters. The lowest BCUT2D eigenvalue weighted by atomic mass is 10.0. The molecule has 0 bridgehead atoms. The van der Waals surface area contributed by atoms with E-state index in [1.165, 1.54) is 0 Å². The number of hydrogen-bond donors (Lipinski definition) is 3. The Kier molecular flexibility index (Phi) is 4.32. The number of carbonyl (C=O) groups is 2.